The van der Waals surface area contributed by atoms with Crippen LogP contribution in [-0.4, -0.2) is 34.9 Å². The second-order valence-electron chi connectivity index (χ2n) is 5.21. The molecule has 108 valence electrons. The van der Waals surface area contributed by atoms with E-state index >= 15 is 0 Å². The predicted molar refractivity (Wildman–Crippen MR) is 75.9 cm³/mol. The third kappa shape index (κ3) is 2.62. The van der Waals surface area contributed by atoms with Gasteiger partial charge in [0.2, 0.25) is 6.79 Å². The lowest BCUT2D eigenvalue weighted by molar-refractivity contribution is -0.143. The number of fused-ring (bicyclic) bond motifs is 1. The van der Waals surface area contributed by atoms with E-state index in [9.17, 15) is 9.90 Å². The van der Waals surface area contributed by atoms with Gasteiger partial charge in [-0.15, -0.1) is 0 Å². The van der Waals surface area contributed by atoms with Crippen LogP contribution in [0.2, 0.25) is 0 Å². The average Bonchev–Trinajstić information content (AvgIpc) is 3.15. The number of carboxylic acid groups (broad SMARTS) is 1. The number of aliphatic carboxylic acids is 1. The molecular weight excluding hydrogens is 326 g/mol. The molecule has 1 aromatic carbocycles. The van der Waals surface area contributed by atoms with Crippen molar-refractivity contribution in [2.24, 2.45) is 0 Å². The Bertz CT molecular complexity index is 544. The molecule has 0 saturated heterocycles. The minimum absolute atomic E-state index is 0.239. The zero-order valence-corrected chi connectivity index (χ0v) is 12.7. The minimum Gasteiger partial charge on any atom is -0.480 e. The summed E-state index contributed by atoms with van der Waals surface area (Å²) in [5.41, 5.74) is 1.02. The Morgan fingerprint density at radius 1 is 1.45 bits per heavy atom. The number of rotatable bonds is 5. The highest BCUT2D eigenvalue weighted by molar-refractivity contribution is 9.10. The van der Waals surface area contributed by atoms with Crippen LogP contribution in [0.1, 0.15) is 25.3 Å². The van der Waals surface area contributed by atoms with Gasteiger partial charge >= 0.3 is 5.97 Å². The normalized spacial score (nSPS) is 18.4. The molecule has 1 atom stereocenters. The first-order valence-electron chi connectivity index (χ1n) is 6.63. The molecule has 1 N–H and O–H groups in total. The third-order valence-corrected chi connectivity index (χ3v) is 4.50. The van der Waals surface area contributed by atoms with Crippen molar-refractivity contribution in [3.05, 3.63) is 22.2 Å². The number of halogens is 1. The van der Waals surface area contributed by atoms with Crippen molar-refractivity contribution in [3.8, 4) is 11.5 Å². The lowest BCUT2D eigenvalue weighted by Gasteiger charge is -2.26. The van der Waals surface area contributed by atoms with Crippen LogP contribution in [0.25, 0.3) is 0 Å². The van der Waals surface area contributed by atoms with E-state index in [1.165, 1.54) is 0 Å². The van der Waals surface area contributed by atoms with Crippen LogP contribution in [0.5, 0.6) is 11.5 Å². The first-order chi connectivity index (χ1) is 9.56. The lowest BCUT2D eigenvalue weighted by atomic mass is 10.1. The van der Waals surface area contributed by atoms with Crippen LogP contribution in [0.15, 0.2) is 16.6 Å². The van der Waals surface area contributed by atoms with Gasteiger partial charge in [0.15, 0.2) is 11.5 Å². The monoisotopic (exact) mass is 341 g/mol. The van der Waals surface area contributed by atoms with Crippen molar-refractivity contribution in [2.75, 3.05) is 6.79 Å². The summed E-state index contributed by atoms with van der Waals surface area (Å²) in [4.78, 5) is 13.3. The Kier molecular flexibility index (Phi) is 3.60. The number of nitrogens with zero attached hydrogens (tertiary/aromatic N) is 1. The van der Waals surface area contributed by atoms with Gasteiger partial charge in [0.05, 0.1) is 0 Å². The molecule has 1 fully saturated rings. The van der Waals surface area contributed by atoms with Gasteiger partial charge in [-0.1, -0.05) is 15.9 Å². The molecule has 0 radical (unpaired) electrons. The summed E-state index contributed by atoms with van der Waals surface area (Å²) in [5.74, 6) is 0.667. The maximum Gasteiger partial charge on any atom is 0.320 e. The van der Waals surface area contributed by atoms with Gasteiger partial charge in [-0.3, -0.25) is 9.69 Å². The maximum atomic E-state index is 11.2. The van der Waals surface area contributed by atoms with Crippen molar-refractivity contribution in [1.82, 2.24) is 4.90 Å². The number of hydrogen-bond donors (Lipinski definition) is 1. The number of carboxylic acids is 1. The first-order valence-corrected chi connectivity index (χ1v) is 7.42. The molecular formula is C14H16BrNO4. The molecule has 0 bridgehead atoms. The van der Waals surface area contributed by atoms with E-state index in [-0.39, 0.29) is 6.79 Å². The molecule has 0 aromatic heterocycles. The van der Waals surface area contributed by atoms with Gasteiger partial charge < -0.3 is 14.6 Å². The van der Waals surface area contributed by atoms with Crippen LogP contribution in [0.4, 0.5) is 0 Å². The SMILES string of the molecule is CC(C(=O)O)N(Cc1cc2c(cc1Br)OCO2)C1CC1. The highest BCUT2D eigenvalue weighted by atomic mass is 79.9. The van der Waals surface area contributed by atoms with Crippen molar-refractivity contribution in [3.63, 3.8) is 0 Å². The molecule has 0 amide bonds. The average molecular weight is 342 g/mol. The molecule has 1 aromatic rings. The molecule has 1 heterocycles. The van der Waals surface area contributed by atoms with Crippen molar-refractivity contribution in [2.45, 2.75) is 38.4 Å². The van der Waals surface area contributed by atoms with Gasteiger partial charge in [-0.2, -0.15) is 0 Å². The fourth-order valence-corrected chi connectivity index (χ4v) is 2.86. The molecule has 5 nitrogen and oxygen atoms in total. The van der Waals surface area contributed by atoms with Gasteiger partial charge in [0.25, 0.3) is 0 Å². The third-order valence-electron chi connectivity index (χ3n) is 3.77. The summed E-state index contributed by atoms with van der Waals surface area (Å²) >= 11 is 3.52. The highest BCUT2D eigenvalue weighted by Gasteiger charge is 2.35. The Balaban J connectivity index is 1.83. The second-order valence-corrected chi connectivity index (χ2v) is 6.07. The van der Waals surface area contributed by atoms with E-state index in [2.05, 4.69) is 15.9 Å². The van der Waals surface area contributed by atoms with E-state index < -0.39 is 12.0 Å². The van der Waals surface area contributed by atoms with E-state index in [1.807, 2.05) is 17.0 Å². The zero-order valence-electron chi connectivity index (χ0n) is 11.1. The molecule has 1 unspecified atom stereocenters. The Morgan fingerprint density at radius 3 is 2.70 bits per heavy atom. The predicted octanol–water partition coefficient (Wildman–Crippen LogP) is 2.62. The van der Waals surface area contributed by atoms with Crippen LogP contribution in [0, 0.1) is 0 Å². The second kappa shape index (κ2) is 5.26. The Labute approximate surface area is 125 Å². The molecule has 3 rings (SSSR count). The molecule has 1 aliphatic carbocycles. The van der Waals surface area contributed by atoms with E-state index in [1.54, 1.807) is 6.92 Å². The van der Waals surface area contributed by atoms with Gasteiger partial charge in [-0.25, -0.2) is 0 Å². The molecule has 2 aliphatic rings. The van der Waals surface area contributed by atoms with E-state index in [0.717, 1.165) is 34.4 Å². The smallest absolute Gasteiger partial charge is 0.320 e. The molecule has 1 saturated carbocycles. The van der Waals surface area contributed by atoms with Crippen LogP contribution in [-0.2, 0) is 11.3 Å². The first kappa shape index (κ1) is 13.7. The molecule has 6 heteroatoms. The Morgan fingerprint density at radius 2 is 2.10 bits per heavy atom. The summed E-state index contributed by atoms with van der Waals surface area (Å²) in [6.07, 6.45) is 2.14. The van der Waals surface area contributed by atoms with Crippen molar-refractivity contribution >= 4 is 21.9 Å². The van der Waals surface area contributed by atoms with Gasteiger partial charge in [0, 0.05) is 17.1 Å². The number of benzene rings is 1. The van der Waals surface area contributed by atoms with Crippen LogP contribution in [0.3, 0.4) is 0 Å². The maximum absolute atomic E-state index is 11.2. The summed E-state index contributed by atoms with van der Waals surface area (Å²) in [6, 6.07) is 3.70. The van der Waals surface area contributed by atoms with E-state index in [4.69, 9.17) is 9.47 Å². The summed E-state index contributed by atoms with van der Waals surface area (Å²) in [7, 11) is 0. The zero-order chi connectivity index (χ0) is 14.3. The summed E-state index contributed by atoms with van der Waals surface area (Å²) in [5, 5.41) is 9.23. The van der Waals surface area contributed by atoms with Gasteiger partial charge in [-0.05, 0) is 37.5 Å². The molecule has 20 heavy (non-hydrogen) atoms. The lowest BCUT2D eigenvalue weighted by Crippen LogP contribution is -2.40. The van der Waals surface area contributed by atoms with Crippen LogP contribution >= 0.6 is 15.9 Å². The topological polar surface area (TPSA) is 59.0 Å². The van der Waals surface area contributed by atoms with Gasteiger partial charge in [0.1, 0.15) is 6.04 Å². The number of ether oxygens (including phenoxy) is 2. The van der Waals surface area contributed by atoms with Crippen LogP contribution < -0.4 is 9.47 Å². The number of hydrogen-bond acceptors (Lipinski definition) is 4. The standard InChI is InChI=1S/C14H16BrNO4/c1-8(14(17)18)16(10-2-3-10)6-9-4-12-13(5-11(9)15)20-7-19-12/h4-5,8,10H,2-3,6-7H2,1H3,(H,17,18). The van der Waals surface area contributed by atoms with Crippen molar-refractivity contribution in [1.29, 1.82) is 0 Å². The number of carbonyl (C=O) groups is 1. The quantitative estimate of drug-likeness (QED) is 0.891. The fraction of sp³-hybridized carbons (Fsp3) is 0.500. The summed E-state index contributed by atoms with van der Waals surface area (Å²) < 4.78 is 11.6. The fourth-order valence-electron chi connectivity index (χ4n) is 2.41. The van der Waals surface area contributed by atoms with Crippen molar-refractivity contribution < 1.29 is 19.4 Å². The minimum atomic E-state index is -0.784. The molecule has 1 aliphatic heterocycles. The Hall–Kier alpha value is -1.27. The largest absolute Gasteiger partial charge is 0.480 e. The molecule has 0 spiro atoms. The highest BCUT2D eigenvalue weighted by Crippen LogP contribution is 2.39. The summed E-state index contributed by atoms with van der Waals surface area (Å²) in [6.45, 7) is 2.57. The van der Waals surface area contributed by atoms with E-state index in [0.29, 0.717) is 12.6 Å².